The van der Waals surface area contributed by atoms with Crippen LogP contribution in [0.1, 0.15) is 39.0 Å². The van der Waals surface area contributed by atoms with Gasteiger partial charge in [0.1, 0.15) is 0 Å². The Bertz CT molecular complexity index is 705. The Morgan fingerprint density at radius 3 is 2.59 bits per heavy atom. The van der Waals surface area contributed by atoms with Crippen LogP contribution in [0.15, 0.2) is 0 Å². The van der Waals surface area contributed by atoms with Gasteiger partial charge in [0, 0.05) is 61.8 Å². The van der Waals surface area contributed by atoms with Crippen LogP contribution in [0.3, 0.4) is 0 Å². The summed E-state index contributed by atoms with van der Waals surface area (Å²) in [4.78, 5) is 2.57. The fourth-order valence-corrected chi connectivity index (χ4v) is 10.4. The first-order valence-electron chi connectivity index (χ1n) is 11.7. The van der Waals surface area contributed by atoms with Crippen LogP contribution in [0.2, 0.25) is 0 Å². The number of aliphatic hydroxyl groups excluding tert-OH is 3. The molecule has 6 aliphatic rings. The van der Waals surface area contributed by atoms with Gasteiger partial charge in [0.15, 0.2) is 0 Å². The summed E-state index contributed by atoms with van der Waals surface area (Å²) in [6.45, 7) is 4.28. The summed E-state index contributed by atoms with van der Waals surface area (Å²) < 4.78 is 12.4. The molecule has 6 rings (SSSR count). The number of nitrogens with zero attached hydrogens (tertiary/aromatic N) is 1. The smallest absolute Gasteiger partial charge is 0.0802 e. The number of aliphatic hydroxyl groups is 3. The van der Waals surface area contributed by atoms with E-state index in [0.717, 1.165) is 45.2 Å². The third-order valence-corrected chi connectivity index (χ3v) is 11.1. The molecule has 0 amide bonds. The van der Waals surface area contributed by atoms with Gasteiger partial charge < -0.3 is 24.8 Å². The van der Waals surface area contributed by atoms with Crippen molar-refractivity contribution in [3.8, 4) is 0 Å². The van der Waals surface area contributed by atoms with Gasteiger partial charge in [-0.3, -0.25) is 4.90 Å². The van der Waals surface area contributed by atoms with Crippen molar-refractivity contribution >= 4 is 0 Å². The molecule has 0 aromatic carbocycles. The number of piperidine rings is 1. The monoisotopic (exact) mass is 407 g/mol. The van der Waals surface area contributed by atoms with E-state index < -0.39 is 11.7 Å². The van der Waals surface area contributed by atoms with Gasteiger partial charge >= 0.3 is 0 Å². The van der Waals surface area contributed by atoms with E-state index in [1.165, 1.54) is 0 Å². The second kappa shape index (κ2) is 5.96. The molecule has 29 heavy (non-hydrogen) atoms. The van der Waals surface area contributed by atoms with Crippen molar-refractivity contribution in [1.29, 1.82) is 0 Å². The molecule has 1 spiro atoms. The third-order valence-electron chi connectivity index (χ3n) is 11.1. The van der Waals surface area contributed by atoms with Crippen LogP contribution >= 0.6 is 0 Å². The molecule has 1 saturated heterocycles. The first-order valence-corrected chi connectivity index (χ1v) is 11.7. The summed E-state index contributed by atoms with van der Waals surface area (Å²) >= 11 is 0. The summed E-state index contributed by atoms with van der Waals surface area (Å²) in [7, 11) is 3.60. The molecule has 6 fully saturated rings. The van der Waals surface area contributed by atoms with E-state index in [9.17, 15) is 15.3 Å². The fraction of sp³-hybridized carbons (Fsp3) is 1.00. The van der Waals surface area contributed by atoms with E-state index in [4.69, 9.17) is 9.47 Å². The highest BCUT2D eigenvalue weighted by atomic mass is 16.5. The molecule has 12 unspecified atom stereocenters. The van der Waals surface area contributed by atoms with Crippen LogP contribution < -0.4 is 0 Å². The second-order valence-electron chi connectivity index (χ2n) is 11.1. The van der Waals surface area contributed by atoms with Gasteiger partial charge in [0.2, 0.25) is 0 Å². The van der Waals surface area contributed by atoms with Gasteiger partial charge in [-0.1, -0.05) is 6.92 Å². The largest absolute Gasteiger partial charge is 0.396 e. The Balaban J connectivity index is 1.60. The highest BCUT2D eigenvalue weighted by Crippen LogP contribution is 2.79. The fourth-order valence-electron chi connectivity index (χ4n) is 10.4. The second-order valence-corrected chi connectivity index (χ2v) is 11.1. The summed E-state index contributed by atoms with van der Waals surface area (Å²) in [6, 6.07) is 0.273. The van der Waals surface area contributed by atoms with Crippen molar-refractivity contribution in [2.75, 3.05) is 33.9 Å². The predicted molar refractivity (Wildman–Crippen MR) is 106 cm³/mol. The Morgan fingerprint density at radius 1 is 1.14 bits per heavy atom. The quantitative estimate of drug-likeness (QED) is 0.642. The van der Waals surface area contributed by atoms with Crippen LogP contribution in [-0.4, -0.2) is 84.1 Å². The number of hydrogen-bond acceptors (Lipinski definition) is 6. The molecule has 3 N–H and O–H groups in total. The van der Waals surface area contributed by atoms with Crippen LogP contribution in [-0.2, 0) is 9.47 Å². The molecule has 5 aliphatic carbocycles. The number of hydrogen-bond donors (Lipinski definition) is 3. The molecule has 6 nitrogen and oxygen atoms in total. The van der Waals surface area contributed by atoms with Gasteiger partial charge in [-0.05, 0) is 44.1 Å². The Kier molecular flexibility index (Phi) is 4.00. The van der Waals surface area contributed by atoms with Crippen molar-refractivity contribution in [3.63, 3.8) is 0 Å². The zero-order chi connectivity index (χ0) is 20.3. The lowest BCUT2D eigenvalue weighted by Crippen LogP contribution is -2.76. The molecule has 0 aromatic heterocycles. The van der Waals surface area contributed by atoms with E-state index in [1.54, 1.807) is 7.11 Å². The van der Waals surface area contributed by atoms with Crippen molar-refractivity contribution in [1.82, 2.24) is 4.90 Å². The zero-order valence-electron chi connectivity index (χ0n) is 18.0. The van der Waals surface area contributed by atoms with Crippen LogP contribution in [0, 0.1) is 40.4 Å². The van der Waals surface area contributed by atoms with Crippen LogP contribution in [0.25, 0.3) is 0 Å². The lowest BCUT2D eigenvalue weighted by atomic mass is 9.43. The van der Waals surface area contributed by atoms with E-state index in [-0.39, 0.29) is 59.4 Å². The maximum Gasteiger partial charge on any atom is 0.0802 e. The highest BCUT2D eigenvalue weighted by molar-refractivity contribution is 5.33. The average Bonchev–Trinajstić information content (AvgIpc) is 3.14. The van der Waals surface area contributed by atoms with Crippen molar-refractivity contribution in [2.45, 2.75) is 69.0 Å². The van der Waals surface area contributed by atoms with Crippen molar-refractivity contribution in [3.05, 3.63) is 0 Å². The number of fused-ring (bicyclic) bond motifs is 2. The predicted octanol–water partition coefficient (Wildman–Crippen LogP) is 0.877. The maximum atomic E-state index is 11.7. The standard InChI is InChI=1S/C23H37NO5/c1-4-24-10-21(11-25)6-5-17(26)23-13-7-12-15(28-2)9-22(29-3,18(13)19(12)27)14(20(23)24)8-16(21)23/h12-20,25-27H,4-11H2,1-3H3. The van der Waals surface area contributed by atoms with Crippen molar-refractivity contribution in [2.24, 2.45) is 40.4 Å². The van der Waals surface area contributed by atoms with Gasteiger partial charge in [0.05, 0.1) is 30.5 Å². The summed E-state index contributed by atoms with van der Waals surface area (Å²) in [5, 5.41) is 33.8. The normalized spacial score (nSPS) is 62.5. The van der Waals surface area contributed by atoms with Gasteiger partial charge in [0.25, 0.3) is 0 Å². The summed E-state index contributed by atoms with van der Waals surface area (Å²) in [5.41, 5.74) is -0.758. The number of ether oxygens (including phenoxy) is 2. The maximum absolute atomic E-state index is 11.7. The number of rotatable bonds is 4. The first kappa shape index (κ1) is 19.4. The lowest BCUT2D eigenvalue weighted by Gasteiger charge is -2.69. The molecule has 5 saturated carbocycles. The number of likely N-dealkylation sites (tertiary alicyclic amines) is 1. The van der Waals surface area contributed by atoms with Crippen LogP contribution in [0.4, 0.5) is 0 Å². The molecular formula is C23H37NO5. The van der Waals surface area contributed by atoms with Crippen LogP contribution in [0.5, 0.6) is 0 Å². The number of methoxy groups -OCH3 is 2. The molecule has 6 heteroatoms. The SMILES string of the molecule is CCN1CC2(CO)CCC(O)C34C5CC6C(OC)CC(OC)(C(CC23)C14)C5C6O. The Hall–Kier alpha value is -0.240. The molecule has 12 atom stereocenters. The molecule has 7 bridgehead atoms. The lowest BCUT2D eigenvalue weighted by molar-refractivity contribution is -0.277. The van der Waals surface area contributed by atoms with E-state index >= 15 is 0 Å². The Labute approximate surface area is 173 Å². The molecule has 1 aliphatic heterocycles. The van der Waals surface area contributed by atoms with E-state index in [1.807, 2.05) is 7.11 Å². The molecular weight excluding hydrogens is 370 g/mol. The first-order chi connectivity index (χ1) is 13.9. The minimum Gasteiger partial charge on any atom is -0.396 e. The summed E-state index contributed by atoms with van der Waals surface area (Å²) in [5.74, 6) is 1.01. The minimum absolute atomic E-state index is 0.0141. The van der Waals surface area contributed by atoms with Gasteiger partial charge in [-0.25, -0.2) is 0 Å². The van der Waals surface area contributed by atoms with E-state index in [0.29, 0.717) is 5.92 Å². The zero-order valence-corrected chi connectivity index (χ0v) is 18.0. The van der Waals surface area contributed by atoms with Gasteiger partial charge in [-0.2, -0.15) is 0 Å². The molecule has 0 aromatic rings. The van der Waals surface area contributed by atoms with Gasteiger partial charge in [-0.15, -0.1) is 0 Å². The van der Waals surface area contributed by atoms with Crippen molar-refractivity contribution < 1.29 is 24.8 Å². The van der Waals surface area contributed by atoms with E-state index in [2.05, 4.69) is 11.8 Å². The molecule has 1 heterocycles. The molecule has 0 radical (unpaired) electrons. The third kappa shape index (κ3) is 1.85. The molecule has 164 valence electrons. The Morgan fingerprint density at radius 2 is 1.93 bits per heavy atom. The average molecular weight is 408 g/mol. The topological polar surface area (TPSA) is 82.4 Å². The highest BCUT2D eigenvalue weighted by Gasteiger charge is 2.83. The minimum atomic E-state index is -0.426. The summed E-state index contributed by atoms with van der Waals surface area (Å²) in [6.07, 6.45) is 3.65.